The standard InChI is InChI=1S/C21H32O3/c1-13(22)24-15-8-10-20(2)14(12-15)4-5-16-17-6-7-19(23)21(17,3)11-9-18(16)20/h4,15-19,23H,5-12H2,1-3H3/t15-,16-,17+,18-,19+,20-,21+/m1/s1. The molecule has 24 heavy (non-hydrogen) atoms. The minimum Gasteiger partial charge on any atom is -0.462 e. The zero-order valence-electron chi connectivity index (χ0n) is 15.4. The minimum atomic E-state index is -0.147. The quantitative estimate of drug-likeness (QED) is 0.577. The number of hydrogen-bond donors (Lipinski definition) is 1. The van der Waals surface area contributed by atoms with E-state index in [9.17, 15) is 9.90 Å². The summed E-state index contributed by atoms with van der Waals surface area (Å²) in [6.07, 6.45) is 11.3. The highest BCUT2D eigenvalue weighted by Gasteiger charge is 2.58. The Balaban J connectivity index is 1.59. The van der Waals surface area contributed by atoms with Crippen molar-refractivity contribution in [2.45, 2.75) is 84.3 Å². The van der Waals surface area contributed by atoms with Gasteiger partial charge in [0.2, 0.25) is 0 Å². The maximum Gasteiger partial charge on any atom is 0.302 e. The summed E-state index contributed by atoms with van der Waals surface area (Å²) in [6.45, 7) is 6.32. The van der Waals surface area contributed by atoms with Crippen LogP contribution in [0.3, 0.4) is 0 Å². The molecule has 4 aliphatic rings. The molecular weight excluding hydrogens is 300 g/mol. The molecule has 0 spiro atoms. The molecule has 7 atom stereocenters. The van der Waals surface area contributed by atoms with Crippen molar-refractivity contribution in [2.24, 2.45) is 28.6 Å². The first-order chi connectivity index (χ1) is 11.3. The van der Waals surface area contributed by atoms with Gasteiger partial charge in [0.15, 0.2) is 0 Å². The average Bonchev–Trinajstić information content (AvgIpc) is 2.83. The zero-order valence-corrected chi connectivity index (χ0v) is 15.4. The van der Waals surface area contributed by atoms with Crippen LogP contribution in [0, 0.1) is 28.6 Å². The number of hydrogen-bond acceptors (Lipinski definition) is 3. The van der Waals surface area contributed by atoms with Crippen molar-refractivity contribution >= 4 is 5.97 Å². The highest BCUT2D eigenvalue weighted by atomic mass is 16.5. The monoisotopic (exact) mass is 332 g/mol. The minimum absolute atomic E-state index is 0.0838. The predicted molar refractivity (Wildman–Crippen MR) is 93.3 cm³/mol. The molecule has 0 aromatic heterocycles. The summed E-state index contributed by atoms with van der Waals surface area (Å²) in [5.41, 5.74) is 1.98. The van der Waals surface area contributed by atoms with Crippen molar-refractivity contribution < 1.29 is 14.6 Å². The van der Waals surface area contributed by atoms with Crippen LogP contribution in [-0.4, -0.2) is 23.3 Å². The number of esters is 1. The average molecular weight is 332 g/mol. The molecular formula is C21H32O3. The van der Waals surface area contributed by atoms with Crippen LogP contribution in [0.15, 0.2) is 11.6 Å². The lowest BCUT2D eigenvalue weighted by atomic mass is 9.48. The Morgan fingerprint density at radius 1 is 1.17 bits per heavy atom. The van der Waals surface area contributed by atoms with Gasteiger partial charge < -0.3 is 9.84 Å². The van der Waals surface area contributed by atoms with E-state index in [1.54, 1.807) is 5.57 Å². The van der Waals surface area contributed by atoms with Crippen molar-refractivity contribution in [1.82, 2.24) is 0 Å². The van der Waals surface area contributed by atoms with Crippen molar-refractivity contribution in [2.75, 3.05) is 0 Å². The van der Waals surface area contributed by atoms with Crippen LogP contribution in [-0.2, 0) is 9.53 Å². The fourth-order valence-corrected chi connectivity index (χ4v) is 6.94. The van der Waals surface area contributed by atoms with Gasteiger partial charge in [0, 0.05) is 13.3 Å². The van der Waals surface area contributed by atoms with Gasteiger partial charge in [0.05, 0.1) is 6.10 Å². The van der Waals surface area contributed by atoms with Crippen LogP contribution < -0.4 is 0 Å². The molecule has 3 saturated carbocycles. The summed E-state index contributed by atoms with van der Waals surface area (Å²) in [4.78, 5) is 11.3. The van der Waals surface area contributed by atoms with Crippen LogP contribution >= 0.6 is 0 Å². The number of rotatable bonds is 1. The van der Waals surface area contributed by atoms with E-state index in [-0.39, 0.29) is 29.0 Å². The van der Waals surface area contributed by atoms with Gasteiger partial charge in [0.25, 0.3) is 0 Å². The van der Waals surface area contributed by atoms with Crippen LogP contribution in [0.4, 0.5) is 0 Å². The molecule has 0 unspecified atom stereocenters. The fourth-order valence-electron chi connectivity index (χ4n) is 6.94. The molecule has 4 aliphatic carbocycles. The van der Waals surface area contributed by atoms with E-state index in [1.807, 2.05) is 0 Å². The van der Waals surface area contributed by atoms with Gasteiger partial charge in [-0.1, -0.05) is 25.5 Å². The van der Waals surface area contributed by atoms with Crippen molar-refractivity contribution in [1.29, 1.82) is 0 Å². The first kappa shape index (κ1) is 16.6. The third kappa shape index (κ3) is 2.30. The number of aliphatic hydroxyl groups is 1. The molecule has 3 nitrogen and oxygen atoms in total. The smallest absolute Gasteiger partial charge is 0.302 e. The van der Waals surface area contributed by atoms with Gasteiger partial charge in [-0.05, 0) is 73.5 Å². The third-order valence-electron chi connectivity index (χ3n) is 8.34. The SMILES string of the molecule is CC(=O)O[C@@H]1CC[C@]2(C)C(=CC[C@H]3[C@H]2CC[C@]2(C)[C@@H](O)CC[C@@H]32)C1. The van der Waals surface area contributed by atoms with E-state index in [0.717, 1.165) is 43.9 Å². The second-order valence-corrected chi connectivity index (χ2v) is 9.37. The lowest BCUT2D eigenvalue weighted by molar-refractivity contribution is -0.148. The third-order valence-corrected chi connectivity index (χ3v) is 8.34. The lowest BCUT2D eigenvalue weighted by Gasteiger charge is -2.57. The molecule has 0 saturated heterocycles. The van der Waals surface area contributed by atoms with E-state index in [2.05, 4.69) is 19.9 Å². The summed E-state index contributed by atoms with van der Waals surface area (Å²) in [5, 5.41) is 10.5. The van der Waals surface area contributed by atoms with Gasteiger partial charge >= 0.3 is 5.97 Å². The summed E-state index contributed by atoms with van der Waals surface area (Å²) >= 11 is 0. The molecule has 0 amide bonds. The molecule has 0 aromatic carbocycles. The summed E-state index contributed by atoms with van der Waals surface area (Å²) in [5.74, 6) is 2.03. The van der Waals surface area contributed by atoms with Gasteiger partial charge in [0.1, 0.15) is 6.10 Å². The highest BCUT2D eigenvalue weighted by molar-refractivity contribution is 5.66. The maximum absolute atomic E-state index is 11.3. The van der Waals surface area contributed by atoms with Gasteiger partial charge in [-0.2, -0.15) is 0 Å². The number of aliphatic hydroxyl groups excluding tert-OH is 1. The first-order valence-electron chi connectivity index (χ1n) is 9.89. The Morgan fingerprint density at radius 2 is 1.96 bits per heavy atom. The Labute approximate surface area is 145 Å². The van der Waals surface area contributed by atoms with Crippen LogP contribution in [0.5, 0.6) is 0 Å². The zero-order chi connectivity index (χ0) is 17.1. The van der Waals surface area contributed by atoms with Crippen LogP contribution in [0.1, 0.15) is 72.1 Å². The molecule has 0 radical (unpaired) electrons. The second kappa shape index (κ2) is 5.59. The van der Waals surface area contributed by atoms with Crippen molar-refractivity contribution in [3.05, 3.63) is 11.6 Å². The summed E-state index contributed by atoms with van der Waals surface area (Å²) in [6, 6.07) is 0. The van der Waals surface area contributed by atoms with E-state index in [1.165, 1.54) is 26.2 Å². The second-order valence-electron chi connectivity index (χ2n) is 9.37. The summed E-state index contributed by atoms with van der Waals surface area (Å²) in [7, 11) is 0. The van der Waals surface area contributed by atoms with Crippen molar-refractivity contribution in [3.8, 4) is 0 Å². The Kier molecular flexibility index (Phi) is 3.87. The fraction of sp³-hybridized carbons (Fsp3) is 0.857. The molecule has 0 bridgehead atoms. The van der Waals surface area contributed by atoms with Gasteiger partial charge in [-0.3, -0.25) is 4.79 Å². The van der Waals surface area contributed by atoms with E-state index < -0.39 is 0 Å². The largest absolute Gasteiger partial charge is 0.462 e. The van der Waals surface area contributed by atoms with Crippen LogP contribution in [0.2, 0.25) is 0 Å². The molecule has 3 heteroatoms. The number of carbonyl (C=O) groups excluding carboxylic acids is 1. The highest BCUT2D eigenvalue weighted by Crippen LogP contribution is 2.64. The molecule has 0 aromatic rings. The molecule has 1 N–H and O–H groups in total. The van der Waals surface area contributed by atoms with Gasteiger partial charge in [-0.25, -0.2) is 0 Å². The van der Waals surface area contributed by atoms with Crippen molar-refractivity contribution in [3.63, 3.8) is 0 Å². The molecule has 4 rings (SSSR count). The predicted octanol–water partition coefficient (Wildman–Crippen LogP) is 4.24. The number of carbonyl (C=O) groups is 1. The number of ether oxygens (including phenoxy) is 1. The number of fused-ring (bicyclic) bond motifs is 5. The Morgan fingerprint density at radius 3 is 2.71 bits per heavy atom. The number of allylic oxidation sites excluding steroid dienone is 1. The Hall–Kier alpha value is -0.830. The van der Waals surface area contributed by atoms with Gasteiger partial charge in [-0.15, -0.1) is 0 Å². The summed E-state index contributed by atoms with van der Waals surface area (Å²) < 4.78 is 5.51. The lowest BCUT2D eigenvalue weighted by Crippen LogP contribution is -2.51. The van der Waals surface area contributed by atoms with E-state index >= 15 is 0 Å². The Bertz CT molecular complexity index is 567. The molecule has 134 valence electrons. The normalized spacial score (nSPS) is 50.3. The van der Waals surface area contributed by atoms with E-state index in [4.69, 9.17) is 4.74 Å². The van der Waals surface area contributed by atoms with E-state index in [0.29, 0.717) is 5.92 Å². The molecule has 3 fully saturated rings. The van der Waals surface area contributed by atoms with Crippen LogP contribution in [0.25, 0.3) is 0 Å². The molecule has 0 heterocycles. The molecule has 0 aliphatic heterocycles. The first-order valence-corrected chi connectivity index (χ1v) is 9.89. The topological polar surface area (TPSA) is 46.5 Å². The maximum atomic E-state index is 11.3.